The normalized spacial score (nSPS) is 12.0. The quantitative estimate of drug-likeness (QED) is 0.444. The summed E-state index contributed by atoms with van der Waals surface area (Å²) in [7, 11) is 1.78. The van der Waals surface area contributed by atoms with Gasteiger partial charge in [0.1, 0.15) is 0 Å². The van der Waals surface area contributed by atoms with E-state index in [1.54, 1.807) is 18.4 Å². The Kier molecular flexibility index (Phi) is 6.49. The van der Waals surface area contributed by atoms with Crippen molar-refractivity contribution in [3.05, 3.63) is 23.5 Å². The maximum atomic E-state index is 5.31. The van der Waals surface area contributed by atoms with E-state index in [2.05, 4.69) is 20.6 Å². The van der Waals surface area contributed by atoms with Crippen LogP contribution in [0.2, 0.25) is 0 Å². The predicted molar refractivity (Wildman–Crippen MR) is 87.0 cm³/mol. The molecule has 0 fully saturated rings. The van der Waals surface area contributed by atoms with Gasteiger partial charge in [0.15, 0.2) is 10.9 Å². The zero-order valence-corrected chi connectivity index (χ0v) is 13.4. The minimum atomic E-state index is 0.674. The average Bonchev–Trinajstić information content (AvgIpc) is 3.07. The number of hydrogen-bond donors (Lipinski definition) is 2. The van der Waals surface area contributed by atoms with Gasteiger partial charge >= 0.3 is 0 Å². The first-order chi connectivity index (χ1) is 10.3. The van der Waals surface area contributed by atoms with Crippen LogP contribution in [0.1, 0.15) is 25.5 Å². The van der Waals surface area contributed by atoms with E-state index in [9.17, 15) is 0 Å². The summed E-state index contributed by atoms with van der Waals surface area (Å²) in [6.07, 6.45) is 6.19. The van der Waals surface area contributed by atoms with Crippen LogP contribution in [0.15, 0.2) is 22.8 Å². The molecule has 2 rings (SSSR count). The van der Waals surface area contributed by atoms with Gasteiger partial charge in [-0.05, 0) is 19.8 Å². The maximum absolute atomic E-state index is 5.31. The van der Waals surface area contributed by atoms with Gasteiger partial charge in [-0.3, -0.25) is 9.39 Å². The molecule has 0 radical (unpaired) electrons. The van der Waals surface area contributed by atoms with Crippen molar-refractivity contribution in [2.75, 3.05) is 26.8 Å². The predicted octanol–water partition coefficient (Wildman–Crippen LogP) is 1.88. The zero-order chi connectivity index (χ0) is 14.9. The molecule has 0 atom stereocenters. The van der Waals surface area contributed by atoms with Crippen molar-refractivity contribution in [3.63, 3.8) is 0 Å². The van der Waals surface area contributed by atoms with Crippen molar-refractivity contribution in [2.45, 2.75) is 26.3 Å². The van der Waals surface area contributed by atoms with Crippen LogP contribution in [0.3, 0.4) is 0 Å². The highest BCUT2D eigenvalue weighted by atomic mass is 32.1. The highest BCUT2D eigenvalue weighted by Crippen LogP contribution is 2.10. The number of aromatic nitrogens is 2. The first kappa shape index (κ1) is 15.8. The first-order valence-corrected chi connectivity index (χ1v) is 8.14. The molecule has 2 heterocycles. The summed E-state index contributed by atoms with van der Waals surface area (Å²) in [5, 5.41) is 8.60. The van der Waals surface area contributed by atoms with E-state index in [1.807, 2.05) is 29.1 Å². The maximum Gasteiger partial charge on any atom is 0.193 e. The Morgan fingerprint density at radius 1 is 1.43 bits per heavy atom. The molecular formula is C14H23N5OS. The van der Waals surface area contributed by atoms with Crippen molar-refractivity contribution in [1.29, 1.82) is 0 Å². The second-order valence-electron chi connectivity index (χ2n) is 4.58. The molecule has 7 heteroatoms. The lowest BCUT2D eigenvalue weighted by Crippen LogP contribution is -2.37. The molecule has 0 bridgehead atoms. The minimum absolute atomic E-state index is 0.674. The van der Waals surface area contributed by atoms with Gasteiger partial charge in [-0.15, -0.1) is 11.3 Å². The van der Waals surface area contributed by atoms with E-state index in [4.69, 9.17) is 4.74 Å². The van der Waals surface area contributed by atoms with Crippen molar-refractivity contribution in [2.24, 2.45) is 4.99 Å². The number of nitrogens with one attached hydrogen (secondary N) is 2. The van der Waals surface area contributed by atoms with Crippen LogP contribution in [-0.4, -0.2) is 42.2 Å². The number of aliphatic imine (C=N–C) groups is 1. The lowest BCUT2D eigenvalue weighted by atomic mass is 10.3. The third-order valence-corrected chi connectivity index (χ3v) is 3.79. The van der Waals surface area contributed by atoms with E-state index in [-0.39, 0.29) is 0 Å². The second kappa shape index (κ2) is 8.63. The number of guanidine groups is 1. The molecule has 0 saturated heterocycles. The van der Waals surface area contributed by atoms with Crippen molar-refractivity contribution in [1.82, 2.24) is 20.0 Å². The number of fused-ring (bicyclic) bond motifs is 1. The molecule has 21 heavy (non-hydrogen) atoms. The summed E-state index contributed by atoms with van der Waals surface area (Å²) >= 11 is 1.64. The lowest BCUT2D eigenvalue weighted by Gasteiger charge is -2.10. The van der Waals surface area contributed by atoms with Crippen LogP contribution in [-0.2, 0) is 11.3 Å². The molecule has 0 aromatic carbocycles. The van der Waals surface area contributed by atoms with Gasteiger partial charge < -0.3 is 15.4 Å². The van der Waals surface area contributed by atoms with E-state index in [0.717, 1.165) is 49.2 Å². The largest absolute Gasteiger partial charge is 0.382 e. The summed E-state index contributed by atoms with van der Waals surface area (Å²) in [6, 6.07) is 0. The van der Waals surface area contributed by atoms with Crippen LogP contribution in [0.25, 0.3) is 4.96 Å². The van der Waals surface area contributed by atoms with E-state index in [1.165, 1.54) is 0 Å². The summed E-state index contributed by atoms with van der Waals surface area (Å²) in [4.78, 5) is 9.76. The smallest absolute Gasteiger partial charge is 0.193 e. The van der Waals surface area contributed by atoms with Gasteiger partial charge in [0.2, 0.25) is 0 Å². The molecule has 2 aromatic heterocycles. The molecule has 0 aliphatic carbocycles. The number of thiazole rings is 1. The first-order valence-electron chi connectivity index (χ1n) is 7.26. The number of rotatable bonds is 8. The number of imidazole rings is 1. The third-order valence-electron chi connectivity index (χ3n) is 3.02. The highest BCUT2D eigenvalue weighted by Gasteiger charge is 2.03. The summed E-state index contributed by atoms with van der Waals surface area (Å²) in [6.45, 7) is 5.20. The summed E-state index contributed by atoms with van der Waals surface area (Å²) in [5.41, 5.74) is 1.01. The molecule has 0 spiro atoms. The van der Waals surface area contributed by atoms with Crippen molar-refractivity contribution >= 4 is 22.3 Å². The molecule has 0 aliphatic heterocycles. The fraction of sp³-hybridized carbons (Fsp3) is 0.571. The van der Waals surface area contributed by atoms with Crippen molar-refractivity contribution in [3.8, 4) is 0 Å². The van der Waals surface area contributed by atoms with Gasteiger partial charge in [-0.2, -0.15) is 0 Å². The molecule has 0 unspecified atom stereocenters. The van der Waals surface area contributed by atoms with E-state index < -0.39 is 0 Å². The number of nitrogens with zero attached hydrogens (tertiary/aromatic N) is 3. The highest BCUT2D eigenvalue weighted by molar-refractivity contribution is 7.15. The summed E-state index contributed by atoms with van der Waals surface area (Å²) < 4.78 is 7.34. The molecular weight excluding hydrogens is 286 g/mol. The standard InChI is InChI=1S/C14H23N5OS/c1-3-20-8-5-4-6-16-13(15-2)17-10-12-11-19-7-9-21-14(19)18-12/h7,9,11H,3-6,8,10H2,1-2H3,(H2,15,16,17). The topological polar surface area (TPSA) is 63.0 Å². The Morgan fingerprint density at radius 3 is 3.10 bits per heavy atom. The van der Waals surface area contributed by atoms with Gasteiger partial charge in [-0.1, -0.05) is 0 Å². The zero-order valence-electron chi connectivity index (χ0n) is 12.6. The van der Waals surface area contributed by atoms with Gasteiger partial charge in [-0.25, -0.2) is 4.98 Å². The molecule has 6 nitrogen and oxygen atoms in total. The number of ether oxygens (including phenoxy) is 1. The number of unbranched alkanes of at least 4 members (excludes halogenated alkanes) is 1. The molecule has 2 aromatic rings. The van der Waals surface area contributed by atoms with Crippen LogP contribution >= 0.6 is 11.3 Å². The molecule has 0 saturated carbocycles. The fourth-order valence-corrected chi connectivity index (χ4v) is 2.66. The monoisotopic (exact) mass is 309 g/mol. The van der Waals surface area contributed by atoms with Crippen LogP contribution in [0, 0.1) is 0 Å². The molecule has 0 amide bonds. The van der Waals surface area contributed by atoms with Gasteiger partial charge in [0, 0.05) is 44.6 Å². The Hall–Kier alpha value is -1.60. The summed E-state index contributed by atoms with van der Waals surface area (Å²) in [5.74, 6) is 0.808. The minimum Gasteiger partial charge on any atom is -0.382 e. The van der Waals surface area contributed by atoms with Crippen molar-refractivity contribution < 1.29 is 4.74 Å². The Morgan fingerprint density at radius 2 is 2.33 bits per heavy atom. The fourth-order valence-electron chi connectivity index (χ4n) is 1.94. The SMILES string of the molecule is CCOCCCCNC(=NC)NCc1cn2ccsc2n1. The van der Waals surface area contributed by atoms with E-state index >= 15 is 0 Å². The second-order valence-corrected chi connectivity index (χ2v) is 5.45. The van der Waals surface area contributed by atoms with Crippen LogP contribution in [0.5, 0.6) is 0 Å². The Labute approximate surface area is 129 Å². The van der Waals surface area contributed by atoms with E-state index in [0.29, 0.717) is 6.54 Å². The van der Waals surface area contributed by atoms with Crippen LogP contribution in [0.4, 0.5) is 0 Å². The average molecular weight is 309 g/mol. The molecule has 2 N–H and O–H groups in total. The lowest BCUT2D eigenvalue weighted by molar-refractivity contribution is 0.143. The van der Waals surface area contributed by atoms with Crippen LogP contribution < -0.4 is 10.6 Å². The number of hydrogen-bond acceptors (Lipinski definition) is 4. The van der Waals surface area contributed by atoms with Gasteiger partial charge in [0.25, 0.3) is 0 Å². The Bertz CT molecular complexity index is 534. The molecule has 116 valence electrons. The third kappa shape index (κ3) is 5.02. The molecule has 0 aliphatic rings. The Balaban J connectivity index is 1.66. The van der Waals surface area contributed by atoms with Gasteiger partial charge in [0.05, 0.1) is 12.2 Å².